The van der Waals surface area contributed by atoms with Crippen LogP contribution in [0.1, 0.15) is 31.5 Å². The highest BCUT2D eigenvalue weighted by Crippen LogP contribution is 2.33. The van der Waals surface area contributed by atoms with Crippen molar-refractivity contribution >= 4 is 0 Å². The molecule has 0 saturated heterocycles. The maximum Gasteiger partial charge on any atom is 0.177 e. The molecule has 1 aromatic rings. The number of aromatic nitrogens is 4. The van der Waals surface area contributed by atoms with Crippen LogP contribution in [0.15, 0.2) is 0 Å². The van der Waals surface area contributed by atoms with E-state index in [-0.39, 0.29) is 12.5 Å². The van der Waals surface area contributed by atoms with Gasteiger partial charge in [-0.25, -0.2) is 4.39 Å². The molecule has 5 nitrogen and oxygen atoms in total. The van der Waals surface area contributed by atoms with Crippen molar-refractivity contribution < 1.29 is 4.39 Å². The lowest BCUT2D eigenvalue weighted by Gasteiger charge is -2.32. The van der Waals surface area contributed by atoms with Gasteiger partial charge in [0.15, 0.2) is 5.82 Å². The fraction of sp³-hybridized carbons (Fsp3) is 0.889. The van der Waals surface area contributed by atoms with E-state index < -0.39 is 5.67 Å². The van der Waals surface area contributed by atoms with Crippen LogP contribution < -0.4 is 5.73 Å². The van der Waals surface area contributed by atoms with E-state index in [0.29, 0.717) is 18.7 Å². The molecular formula is C9H16FN5. The van der Waals surface area contributed by atoms with E-state index >= 15 is 0 Å². The van der Waals surface area contributed by atoms with Gasteiger partial charge < -0.3 is 5.73 Å². The van der Waals surface area contributed by atoms with E-state index in [2.05, 4.69) is 15.4 Å². The highest BCUT2D eigenvalue weighted by molar-refractivity contribution is 4.96. The Morgan fingerprint density at radius 1 is 1.67 bits per heavy atom. The van der Waals surface area contributed by atoms with Crippen molar-refractivity contribution in [3.63, 3.8) is 0 Å². The first-order chi connectivity index (χ1) is 7.07. The van der Waals surface area contributed by atoms with Gasteiger partial charge in [-0.2, -0.15) is 4.80 Å². The Hall–Kier alpha value is -1.04. The van der Waals surface area contributed by atoms with Gasteiger partial charge in [0.1, 0.15) is 5.67 Å². The number of nitrogens with two attached hydrogens (primary N) is 1. The van der Waals surface area contributed by atoms with Crippen LogP contribution >= 0.6 is 0 Å². The molecule has 1 heterocycles. The molecule has 0 spiro atoms. The number of nitrogens with zero attached hydrogens (tertiary/aromatic N) is 4. The second-order valence-corrected chi connectivity index (χ2v) is 4.38. The van der Waals surface area contributed by atoms with Crippen molar-refractivity contribution in [1.82, 2.24) is 20.2 Å². The average molecular weight is 213 g/mol. The Bertz CT molecular complexity index is 339. The third-order valence-electron chi connectivity index (χ3n) is 2.85. The molecule has 0 aliphatic heterocycles. The van der Waals surface area contributed by atoms with Gasteiger partial charge >= 0.3 is 0 Å². The molecule has 0 aromatic carbocycles. The summed E-state index contributed by atoms with van der Waals surface area (Å²) in [5, 5.41) is 11.5. The largest absolute Gasteiger partial charge is 0.328 e. The van der Waals surface area contributed by atoms with Gasteiger partial charge in [0.25, 0.3) is 0 Å². The predicted molar refractivity (Wildman–Crippen MR) is 52.8 cm³/mol. The SMILES string of the molecule is Cn1nnc(CC2(F)CCCC(N)C2)n1. The van der Waals surface area contributed by atoms with Crippen molar-refractivity contribution in [1.29, 1.82) is 0 Å². The molecule has 0 bridgehead atoms. The number of hydrogen-bond donors (Lipinski definition) is 1. The van der Waals surface area contributed by atoms with Gasteiger partial charge in [0, 0.05) is 12.5 Å². The van der Waals surface area contributed by atoms with Gasteiger partial charge in [-0.1, -0.05) is 0 Å². The summed E-state index contributed by atoms with van der Waals surface area (Å²) in [5.74, 6) is 0.467. The minimum atomic E-state index is -1.24. The van der Waals surface area contributed by atoms with Crippen LogP contribution in [0.5, 0.6) is 0 Å². The van der Waals surface area contributed by atoms with Gasteiger partial charge in [-0.15, -0.1) is 10.2 Å². The molecule has 6 heteroatoms. The smallest absolute Gasteiger partial charge is 0.177 e. The summed E-state index contributed by atoms with van der Waals surface area (Å²) in [7, 11) is 1.67. The van der Waals surface area contributed by atoms with Gasteiger partial charge in [-0.3, -0.25) is 0 Å². The number of alkyl halides is 1. The maximum absolute atomic E-state index is 14.3. The second kappa shape index (κ2) is 3.84. The van der Waals surface area contributed by atoms with Gasteiger partial charge in [0.05, 0.1) is 7.05 Å². The molecule has 2 atom stereocenters. The fourth-order valence-corrected chi connectivity index (χ4v) is 2.19. The number of halogens is 1. The zero-order valence-corrected chi connectivity index (χ0v) is 8.86. The Morgan fingerprint density at radius 3 is 3.07 bits per heavy atom. The highest BCUT2D eigenvalue weighted by atomic mass is 19.1. The first kappa shape index (κ1) is 10.5. The summed E-state index contributed by atoms with van der Waals surface area (Å²) in [6.07, 6.45) is 2.95. The molecule has 1 aliphatic carbocycles. The number of tetrazole rings is 1. The zero-order valence-electron chi connectivity index (χ0n) is 8.86. The molecule has 84 valence electrons. The Kier molecular flexibility index (Phi) is 2.68. The Labute approximate surface area is 87.8 Å². The molecule has 1 saturated carbocycles. The summed E-state index contributed by atoms with van der Waals surface area (Å²) in [4.78, 5) is 1.35. The van der Waals surface area contributed by atoms with Crippen LogP contribution in [-0.2, 0) is 13.5 Å². The molecular weight excluding hydrogens is 197 g/mol. The molecule has 1 fully saturated rings. The average Bonchev–Trinajstić information content (AvgIpc) is 2.49. The van der Waals surface area contributed by atoms with Crippen molar-refractivity contribution in [3.05, 3.63) is 5.82 Å². The first-order valence-corrected chi connectivity index (χ1v) is 5.25. The first-order valence-electron chi connectivity index (χ1n) is 5.25. The van der Waals surface area contributed by atoms with Crippen molar-refractivity contribution in [3.8, 4) is 0 Å². The van der Waals surface area contributed by atoms with E-state index in [4.69, 9.17) is 5.73 Å². The molecule has 0 amide bonds. The lowest BCUT2D eigenvalue weighted by atomic mass is 9.81. The summed E-state index contributed by atoms with van der Waals surface area (Å²) in [6, 6.07) is -0.0274. The molecule has 15 heavy (non-hydrogen) atoms. The third kappa shape index (κ3) is 2.50. The predicted octanol–water partition coefficient (Wildman–Crippen LogP) is 0.362. The lowest BCUT2D eigenvalue weighted by Crippen LogP contribution is -2.39. The Morgan fingerprint density at radius 2 is 2.47 bits per heavy atom. The molecule has 2 N–H and O–H groups in total. The highest BCUT2D eigenvalue weighted by Gasteiger charge is 2.36. The number of rotatable bonds is 2. The van der Waals surface area contributed by atoms with Crippen LogP contribution in [0.2, 0.25) is 0 Å². The summed E-state index contributed by atoms with van der Waals surface area (Å²) < 4.78 is 14.3. The number of aryl methyl sites for hydroxylation is 1. The van der Waals surface area contributed by atoms with Crippen LogP contribution in [0.3, 0.4) is 0 Å². The van der Waals surface area contributed by atoms with Crippen LogP contribution in [0.4, 0.5) is 4.39 Å². The Balaban J connectivity index is 2.03. The van der Waals surface area contributed by atoms with E-state index in [1.54, 1.807) is 7.05 Å². The van der Waals surface area contributed by atoms with E-state index in [0.717, 1.165) is 12.8 Å². The molecule has 0 radical (unpaired) electrons. The monoisotopic (exact) mass is 213 g/mol. The van der Waals surface area contributed by atoms with Crippen molar-refractivity contribution in [2.75, 3.05) is 0 Å². The molecule has 2 unspecified atom stereocenters. The maximum atomic E-state index is 14.3. The lowest BCUT2D eigenvalue weighted by molar-refractivity contribution is 0.0941. The standard InChI is InChI=1S/C9H16FN5/c1-15-13-8(12-14-15)6-9(10)4-2-3-7(11)5-9/h7H,2-6,11H2,1H3. The van der Waals surface area contributed by atoms with Crippen molar-refractivity contribution in [2.45, 2.75) is 43.8 Å². The summed E-state index contributed by atoms with van der Waals surface area (Å²) >= 11 is 0. The zero-order chi connectivity index (χ0) is 10.9. The third-order valence-corrected chi connectivity index (χ3v) is 2.85. The van der Waals surface area contributed by atoms with Crippen molar-refractivity contribution in [2.24, 2.45) is 12.8 Å². The second-order valence-electron chi connectivity index (χ2n) is 4.38. The van der Waals surface area contributed by atoms with E-state index in [1.807, 2.05) is 0 Å². The minimum Gasteiger partial charge on any atom is -0.328 e. The molecule has 1 aromatic heterocycles. The molecule has 1 aliphatic rings. The quantitative estimate of drug-likeness (QED) is 0.770. The van der Waals surface area contributed by atoms with E-state index in [9.17, 15) is 4.39 Å². The normalized spacial score (nSPS) is 31.8. The summed E-state index contributed by atoms with van der Waals surface area (Å²) in [5.41, 5.74) is 4.53. The van der Waals surface area contributed by atoms with Crippen LogP contribution in [0.25, 0.3) is 0 Å². The summed E-state index contributed by atoms with van der Waals surface area (Å²) in [6.45, 7) is 0. The number of hydrogen-bond acceptors (Lipinski definition) is 4. The topological polar surface area (TPSA) is 69.6 Å². The molecule has 2 rings (SSSR count). The van der Waals surface area contributed by atoms with E-state index in [1.165, 1.54) is 4.80 Å². The van der Waals surface area contributed by atoms with Crippen LogP contribution in [-0.4, -0.2) is 31.9 Å². The van der Waals surface area contributed by atoms with Gasteiger partial charge in [-0.05, 0) is 30.9 Å². The van der Waals surface area contributed by atoms with Crippen LogP contribution in [0, 0.1) is 0 Å². The minimum absolute atomic E-state index is 0.0274. The van der Waals surface area contributed by atoms with Gasteiger partial charge in [0.2, 0.25) is 0 Å². The fourth-order valence-electron chi connectivity index (χ4n) is 2.19.